The molecule has 0 saturated carbocycles. The summed E-state index contributed by atoms with van der Waals surface area (Å²) in [6.45, 7) is 9.90. The van der Waals surface area contributed by atoms with E-state index in [9.17, 15) is 4.79 Å². The summed E-state index contributed by atoms with van der Waals surface area (Å²) in [7, 11) is 0. The Labute approximate surface area is 176 Å². The van der Waals surface area contributed by atoms with E-state index in [2.05, 4.69) is 15.2 Å². The average molecular weight is 409 g/mol. The van der Waals surface area contributed by atoms with E-state index < -0.39 is 0 Å². The van der Waals surface area contributed by atoms with Crippen molar-refractivity contribution in [2.75, 3.05) is 29.9 Å². The molecular weight excluding hydrogens is 380 g/mol. The van der Waals surface area contributed by atoms with Crippen molar-refractivity contribution in [2.45, 2.75) is 40.5 Å². The fourth-order valence-corrected chi connectivity index (χ4v) is 3.99. The molecule has 0 aliphatic carbocycles. The van der Waals surface area contributed by atoms with Gasteiger partial charge in [0.1, 0.15) is 23.2 Å². The molecule has 3 aromatic rings. The maximum Gasteiger partial charge on any atom is 0.231 e. The standard InChI is InChI=1S/C23H28N4O3/c1-5-29-19-10-8-18(9-11-19)26-22(28)17-7-6-12-27(13-17)21-20-14(2)15(3)30-23(20)25-16(4)24-21/h8-11,17H,5-7,12-13H2,1-4H3,(H,26,28)/t17-/m1/s1. The lowest BCUT2D eigenvalue weighted by Gasteiger charge is -2.33. The SMILES string of the molecule is CCOc1ccc(NC(=O)[C@@H]2CCCN(c3nc(C)nc4oc(C)c(C)c34)C2)cc1. The number of carbonyl (C=O) groups is 1. The van der Waals surface area contributed by atoms with Crippen LogP contribution < -0.4 is 15.0 Å². The molecule has 1 fully saturated rings. The van der Waals surface area contributed by atoms with E-state index in [4.69, 9.17) is 14.1 Å². The minimum atomic E-state index is -0.107. The van der Waals surface area contributed by atoms with Crippen LogP contribution in [0.4, 0.5) is 11.5 Å². The average Bonchev–Trinajstić information content (AvgIpc) is 3.02. The number of anilines is 2. The Morgan fingerprint density at radius 2 is 2.00 bits per heavy atom. The minimum Gasteiger partial charge on any atom is -0.494 e. The maximum atomic E-state index is 12.9. The monoisotopic (exact) mass is 408 g/mol. The first kappa shape index (κ1) is 20.2. The molecule has 1 aromatic carbocycles. The lowest BCUT2D eigenvalue weighted by atomic mass is 9.96. The lowest BCUT2D eigenvalue weighted by Crippen LogP contribution is -2.41. The van der Waals surface area contributed by atoms with Gasteiger partial charge < -0.3 is 19.4 Å². The second-order valence-corrected chi connectivity index (χ2v) is 7.79. The zero-order valence-corrected chi connectivity index (χ0v) is 18.0. The van der Waals surface area contributed by atoms with Crippen LogP contribution in [0.2, 0.25) is 0 Å². The van der Waals surface area contributed by atoms with Crippen LogP contribution in [-0.4, -0.2) is 35.6 Å². The van der Waals surface area contributed by atoms with Crippen molar-refractivity contribution in [3.8, 4) is 5.75 Å². The molecule has 30 heavy (non-hydrogen) atoms. The van der Waals surface area contributed by atoms with E-state index in [0.717, 1.165) is 53.4 Å². The number of furan rings is 1. The Bertz CT molecular complexity index is 1060. The Hall–Kier alpha value is -3.09. The van der Waals surface area contributed by atoms with Gasteiger partial charge in [0, 0.05) is 24.3 Å². The number of benzene rings is 1. The second kappa shape index (κ2) is 8.34. The smallest absolute Gasteiger partial charge is 0.231 e. The summed E-state index contributed by atoms with van der Waals surface area (Å²) in [4.78, 5) is 24.3. The highest BCUT2D eigenvalue weighted by Gasteiger charge is 2.29. The summed E-state index contributed by atoms with van der Waals surface area (Å²) in [6, 6.07) is 7.49. The number of nitrogens with one attached hydrogen (secondary N) is 1. The summed E-state index contributed by atoms with van der Waals surface area (Å²) in [5, 5.41) is 3.99. The number of nitrogens with zero attached hydrogens (tertiary/aromatic N) is 3. The Morgan fingerprint density at radius 3 is 2.73 bits per heavy atom. The van der Waals surface area contributed by atoms with E-state index in [1.807, 2.05) is 52.0 Å². The molecule has 1 N–H and O–H groups in total. The normalized spacial score (nSPS) is 16.7. The van der Waals surface area contributed by atoms with Gasteiger partial charge in [0.2, 0.25) is 11.6 Å². The fourth-order valence-electron chi connectivity index (χ4n) is 3.99. The third-order valence-electron chi connectivity index (χ3n) is 5.65. The van der Waals surface area contributed by atoms with Crippen LogP contribution in [0.3, 0.4) is 0 Å². The van der Waals surface area contributed by atoms with Gasteiger partial charge in [-0.1, -0.05) is 0 Å². The van der Waals surface area contributed by atoms with E-state index in [0.29, 0.717) is 24.7 Å². The van der Waals surface area contributed by atoms with E-state index in [-0.39, 0.29) is 11.8 Å². The van der Waals surface area contributed by atoms with Gasteiger partial charge in [-0.25, -0.2) is 4.98 Å². The fraction of sp³-hybridized carbons (Fsp3) is 0.435. The van der Waals surface area contributed by atoms with Crippen LogP contribution in [0.15, 0.2) is 28.7 Å². The molecule has 1 saturated heterocycles. The van der Waals surface area contributed by atoms with Gasteiger partial charge in [0.15, 0.2) is 0 Å². The Morgan fingerprint density at radius 1 is 1.23 bits per heavy atom. The molecule has 7 heteroatoms. The molecule has 3 heterocycles. The largest absolute Gasteiger partial charge is 0.494 e. The molecular formula is C23H28N4O3. The number of piperidine rings is 1. The van der Waals surface area contributed by atoms with E-state index in [1.54, 1.807) is 0 Å². The van der Waals surface area contributed by atoms with Crippen molar-refractivity contribution in [1.29, 1.82) is 0 Å². The van der Waals surface area contributed by atoms with Gasteiger partial charge in [-0.3, -0.25) is 4.79 Å². The van der Waals surface area contributed by atoms with Crippen LogP contribution in [-0.2, 0) is 4.79 Å². The summed E-state index contributed by atoms with van der Waals surface area (Å²) in [6.07, 6.45) is 1.79. The van der Waals surface area contributed by atoms with Crippen LogP contribution >= 0.6 is 0 Å². The van der Waals surface area contributed by atoms with Gasteiger partial charge in [-0.2, -0.15) is 4.98 Å². The van der Waals surface area contributed by atoms with Crippen LogP contribution in [0.1, 0.15) is 36.9 Å². The number of aromatic nitrogens is 2. The number of ether oxygens (including phenoxy) is 1. The molecule has 0 unspecified atom stereocenters. The summed E-state index contributed by atoms with van der Waals surface area (Å²) < 4.78 is 11.3. The Balaban J connectivity index is 1.52. The van der Waals surface area contributed by atoms with E-state index >= 15 is 0 Å². The topological polar surface area (TPSA) is 80.5 Å². The highest BCUT2D eigenvalue weighted by Crippen LogP contribution is 2.33. The maximum absolute atomic E-state index is 12.9. The van der Waals surface area contributed by atoms with E-state index in [1.165, 1.54) is 0 Å². The van der Waals surface area contributed by atoms with Crippen LogP contribution in [0, 0.1) is 26.7 Å². The summed E-state index contributed by atoms with van der Waals surface area (Å²) >= 11 is 0. The number of carbonyl (C=O) groups excluding carboxylic acids is 1. The minimum absolute atomic E-state index is 0.0333. The van der Waals surface area contributed by atoms with Crippen LogP contribution in [0.5, 0.6) is 5.75 Å². The molecule has 1 atom stereocenters. The number of hydrogen-bond donors (Lipinski definition) is 1. The number of rotatable bonds is 5. The predicted octanol–water partition coefficient (Wildman–Crippen LogP) is 4.40. The number of amides is 1. The van der Waals surface area contributed by atoms with Crippen LogP contribution in [0.25, 0.3) is 11.1 Å². The highest BCUT2D eigenvalue weighted by atomic mass is 16.5. The third kappa shape index (κ3) is 3.97. The first-order chi connectivity index (χ1) is 14.5. The van der Waals surface area contributed by atoms with Gasteiger partial charge in [-0.15, -0.1) is 0 Å². The molecule has 0 spiro atoms. The number of aryl methyl sites for hydroxylation is 3. The first-order valence-electron chi connectivity index (χ1n) is 10.5. The van der Waals surface area contributed by atoms with Gasteiger partial charge in [0.25, 0.3) is 0 Å². The molecule has 1 aliphatic rings. The van der Waals surface area contributed by atoms with Crippen molar-refractivity contribution in [3.05, 3.63) is 41.4 Å². The molecule has 1 amide bonds. The van der Waals surface area contributed by atoms with Crippen molar-refractivity contribution < 1.29 is 13.9 Å². The number of hydrogen-bond acceptors (Lipinski definition) is 6. The predicted molar refractivity (Wildman–Crippen MR) is 117 cm³/mol. The highest BCUT2D eigenvalue weighted by molar-refractivity contribution is 5.94. The quantitative estimate of drug-likeness (QED) is 0.674. The van der Waals surface area contributed by atoms with Crippen molar-refractivity contribution in [1.82, 2.24) is 9.97 Å². The molecule has 0 bridgehead atoms. The molecule has 4 rings (SSSR count). The van der Waals surface area contributed by atoms with Gasteiger partial charge >= 0.3 is 0 Å². The summed E-state index contributed by atoms with van der Waals surface area (Å²) in [5.74, 6) is 3.12. The first-order valence-corrected chi connectivity index (χ1v) is 10.5. The molecule has 1 aliphatic heterocycles. The zero-order valence-electron chi connectivity index (χ0n) is 18.0. The molecule has 158 valence electrons. The Kier molecular flexibility index (Phi) is 5.61. The zero-order chi connectivity index (χ0) is 21.3. The van der Waals surface area contributed by atoms with Gasteiger partial charge in [-0.05, 0) is 64.8 Å². The molecule has 0 radical (unpaired) electrons. The third-order valence-corrected chi connectivity index (χ3v) is 5.65. The molecule has 2 aromatic heterocycles. The van der Waals surface area contributed by atoms with Gasteiger partial charge in [0.05, 0.1) is 17.9 Å². The number of fused-ring (bicyclic) bond motifs is 1. The second-order valence-electron chi connectivity index (χ2n) is 7.79. The van der Waals surface area contributed by atoms with Crippen molar-refractivity contribution in [3.63, 3.8) is 0 Å². The summed E-state index contributed by atoms with van der Waals surface area (Å²) in [5.41, 5.74) is 2.46. The van der Waals surface area contributed by atoms with Crippen molar-refractivity contribution >= 4 is 28.5 Å². The molecule has 7 nitrogen and oxygen atoms in total. The van der Waals surface area contributed by atoms with Crippen molar-refractivity contribution in [2.24, 2.45) is 5.92 Å². The lowest BCUT2D eigenvalue weighted by molar-refractivity contribution is -0.120.